The number of hydrogen-bond acceptors (Lipinski definition) is 4. The second kappa shape index (κ2) is 6.11. The third kappa shape index (κ3) is 24.5. The van der Waals surface area contributed by atoms with Crippen molar-refractivity contribution in [2.24, 2.45) is 0 Å². The van der Waals surface area contributed by atoms with Gasteiger partial charge in [-0.05, 0) is 6.92 Å². The normalized spacial score (nSPS) is 14.8. The molecule has 0 rings (SSSR count). The van der Waals surface area contributed by atoms with Crippen LogP contribution in [0.15, 0.2) is 0 Å². The Morgan fingerprint density at radius 2 is 1.77 bits per heavy atom. The Hall–Kier alpha value is -0.400. The van der Waals surface area contributed by atoms with Gasteiger partial charge in [0.2, 0.25) is 7.60 Å². The van der Waals surface area contributed by atoms with Gasteiger partial charge in [0.15, 0.2) is 0 Å². The molecular formula is C7H17N2O3P. The maximum Gasteiger partial charge on any atom is 0.235 e. The molecule has 0 amide bonds. The van der Waals surface area contributed by atoms with Crippen molar-refractivity contribution in [3.63, 3.8) is 0 Å². The average molecular weight is 208 g/mol. The van der Waals surface area contributed by atoms with Gasteiger partial charge in [-0.3, -0.25) is 4.57 Å². The third-order valence-corrected chi connectivity index (χ3v) is 1.26. The maximum atomic E-state index is 10.0. The summed E-state index contributed by atoms with van der Waals surface area (Å²) >= 11 is 0. The van der Waals surface area contributed by atoms with Gasteiger partial charge in [-0.25, -0.2) is 0 Å². The van der Waals surface area contributed by atoms with E-state index in [-0.39, 0.29) is 6.61 Å². The Bertz CT molecular complexity index is 211. The molecule has 0 radical (unpaired) electrons. The standard InChI is InChI=1S/C4H12N.C3H6NO3P/c1-5(2,3)4;1-2-7-8(5,6)3-4/h1-4H3;2H2,1H3,(H,5,6)/q+1;/p-1. The molecule has 0 saturated carbocycles. The lowest BCUT2D eigenvalue weighted by Crippen LogP contribution is -2.27. The molecule has 0 saturated heterocycles. The highest BCUT2D eigenvalue weighted by molar-refractivity contribution is 7.56. The van der Waals surface area contributed by atoms with E-state index in [0.29, 0.717) is 0 Å². The Morgan fingerprint density at radius 1 is 1.46 bits per heavy atom. The number of hydrogen-bond donors (Lipinski definition) is 0. The smallest absolute Gasteiger partial charge is 0.235 e. The van der Waals surface area contributed by atoms with E-state index in [1.807, 2.05) is 0 Å². The predicted molar refractivity (Wildman–Crippen MR) is 48.8 cm³/mol. The minimum atomic E-state index is -4.12. The van der Waals surface area contributed by atoms with Crippen molar-refractivity contribution in [3.8, 4) is 5.81 Å². The second-order valence-corrected chi connectivity index (χ2v) is 5.15. The molecule has 0 N–H and O–H groups in total. The highest BCUT2D eigenvalue weighted by Crippen LogP contribution is 2.33. The van der Waals surface area contributed by atoms with E-state index in [1.54, 1.807) is 0 Å². The SMILES string of the molecule is CCOP(=O)([O-])C#N.C[N+](C)(C)C. The van der Waals surface area contributed by atoms with Crippen LogP contribution in [0.3, 0.4) is 0 Å². The fraction of sp³-hybridized carbons (Fsp3) is 0.857. The minimum absolute atomic E-state index is 0.0222. The number of quaternary nitrogens is 1. The van der Waals surface area contributed by atoms with E-state index in [4.69, 9.17) is 5.26 Å². The Kier molecular flexibility index (Phi) is 7.10. The largest absolute Gasteiger partial charge is 0.767 e. The molecule has 0 bridgehead atoms. The molecule has 0 aromatic heterocycles. The van der Waals surface area contributed by atoms with Gasteiger partial charge < -0.3 is 13.9 Å². The first-order valence-corrected chi connectivity index (χ1v) is 5.32. The zero-order valence-electron chi connectivity index (χ0n) is 8.77. The molecule has 6 heteroatoms. The first-order valence-electron chi connectivity index (χ1n) is 3.78. The van der Waals surface area contributed by atoms with Gasteiger partial charge in [-0.1, -0.05) is 0 Å². The topological polar surface area (TPSA) is 73.2 Å². The van der Waals surface area contributed by atoms with Crippen molar-refractivity contribution in [3.05, 3.63) is 0 Å². The molecule has 0 fully saturated rings. The molecule has 0 spiro atoms. The summed E-state index contributed by atoms with van der Waals surface area (Å²) in [7, 11) is 4.38. The number of nitrogens with zero attached hydrogens (tertiary/aromatic N) is 2. The second-order valence-electron chi connectivity index (χ2n) is 3.70. The molecule has 78 valence electrons. The molecule has 0 aromatic carbocycles. The minimum Gasteiger partial charge on any atom is -0.767 e. The summed E-state index contributed by atoms with van der Waals surface area (Å²) in [5, 5.41) is 7.77. The number of rotatable bonds is 2. The lowest BCUT2D eigenvalue weighted by molar-refractivity contribution is -0.849. The zero-order chi connectivity index (χ0) is 11.1. The van der Waals surface area contributed by atoms with Crippen LogP contribution in [0.2, 0.25) is 0 Å². The third-order valence-electron chi connectivity index (χ3n) is 0.422. The van der Waals surface area contributed by atoms with Crippen molar-refractivity contribution >= 4 is 7.60 Å². The first-order chi connectivity index (χ1) is 5.62. The quantitative estimate of drug-likeness (QED) is 0.485. The van der Waals surface area contributed by atoms with E-state index < -0.39 is 7.60 Å². The van der Waals surface area contributed by atoms with Gasteiger partial charge >= 0.3 is 0 Å². The van der Waals surface area contributed by atoms with Crippen LogP contribution in [-0.2, 0) is 9.09 Å². The summed E-state index contributed by atoms with van der Waals surface area (Å²) in [6, 6.07) is 0. The van der Waals surface area contributed by atoms with Gasteiger partial charge in [-0.15, -0.1) is 0 Å². The summed E-state index contributed by atoms with van der Waals surface area (Å²) in [6.07, 6.45) is 0. The molecule has 0 aromatic rings. The Morgan fingerprint density at radius 3 is 1.85 bits per heavy atom. The Balaban J connectivity index is 0. The van der Waals surface area contributed by atoms with E-state index in [9.17, 15) is 9.46 Å². The van der Waals surface area contributed by atoms with E-state index >= 15 is 0 Å². The lowest BCUT2D eigenvalue weighted by Gasteiger charge is -2.14. The summed E-state index contributed by atoms with van der Waals surface area (Å²) in [4.78, 5) is 10.0. The molecule has 0 aliphatic rings. The molecule has 1 atom stereocenters. The maximum absolute atomic E-state index is 10.0. The van der Waals surface area contributed by atoms with Crippen LogP contribution in [0.4, 0.5) is 0 Å². The van der Waals surface area contributed by atoms with Crippen LogP contribution in [0.1, 0.15) is 6.92 Å². The molecule has 0 aliphatic heterocycles. The van der Waals surface area contributed by atoms with E-state index in [0.717, 1.165) is 10.3 Å². The first kappa shape index (κ1) is 15.1. The molecule has 0 aliphatic carbocycles. The summed E-state index contributed by atoms with van der Waals surface area (Å²) in [5.41, 5.74) is 0. The van der Waals surface area contributed by atoms with Crippen LogP contribution in [0.5, 0.6) is 0 Å². The molecule has 13 heavy (non-hydrogen) atoms. The van der Waals surface area contributed by atoms with Gasteiger partial charge in [0.1, 0.15) is 5.81 Å². The van der Waals surface area contributed by atoms with Gasteiger partial charge in [0.05, 0.1) is 34.8 Å². The fourth-order valence-corrected chi connectivity index (χ4v) is 0.596. The zero-order valence-corrected chi connectivity index (χ0v) is 9.67. The number of nitriles is 1. The monoisotopic (exact) mass is 208 g/mol. The Labute approximate surface area is 79.7 Å². The summed E-state index contributed by atoms with van der Waals surface area (Å²) in [5.74, 6) is 1.02. The van der Waals surface area contributed by atoms with Gasteiger partial charge in [-0.2, -0.15) is 5.26 Å². The molecular weight excluding hydrogens is 191 g/mol. The van der Waals surface area contributed by atoms with Crippen molar-refractivity contribution < 1.29 is 18.5 Å². The van der Waals surface area contributed by atoms with Crippen molar-refractivity contribution in [1.82, 2.24) is 0 Å². The van der Waals surface area contributed by atoms with E-state index in [1.165, 1.54) is 6.92 Å². The molecule has 0 heterocycles. The van der Waals surface area contributed by atoms with Crippen molar-refractivity contribution in [1.29, 1.82) is 5.26 Å². The van der Waals surface area contributed by atoms with Crippen LogP contribution in [0.25, 0.3) is 0 Å². The molecule has 5 nitrogen and oxygen atoms in total. The van der Waals surface area contributed by atoms with E-state index in [2.05, 4.69) is 32.7 Å². The van der Waals surface area contributed by atoms with Crippen molar-refractivity contribution in [2.45, 2.75) is 6.92 Å². The summed E-state index contributed by atoms with van der Waals surface area (Å²) in [6.45, 7) is 1.52. The highest BCUT2D eigenvalue weighted by atomic mass is 31.2. The van der Waals surface area contributed by atoms with Crippen LogP contribution in [0, 0.1) is 11.1 Å². The summed E-state index contributed by atoms with van der Waals surface area (Å²) < 4.78 is 15.1. The van der Waals surface area contributed by atoms with Gasteiger partial charge in [0, 0.05) is 0 Å². The predicted octanol–water partition coefficient (Wildman–Crippen LogP) is 0.380. The van der Waals surface area contributed by atoms with Crippen molar-refractivity contribution in [2.75, 3.05) is 34.8 Å². The van der Waals surface area contributed by atoms with Crippen LogP contribution in [-0.4, -0.2) is 39.3 Å². The lowest BCUT2D eigenvalue weighted by atomic mass is 10.8. The van der Waals surface area contributed by atoms with Gasteiger partial charge in [0.25, 0.3) is 0 Å². The molecule has 1 unspecified atom stereocenters. The average Bonchev–Trinajstić information content (AvgIpc) is 1.84. The van der Waals surface area contributed by atoms with Crippen LogP contribution >= 0.6 is 7.60 Å². The van der Waals surface area contributed by atoms with Crippen LogP contribution < -0.4 is 4.89 Å². The fourth-order valence-electron chi connectivity index (χ4n) is 0.199. The highest BCUT2D eigenvalue weighted by Gasteiger charge is 2.01.